The zero-order chi connectivity index (χ0) is 34.8. The highest BCUT2D eigenvalue weighted by Crippen LogP contribution is 2.44. The number of ether oxygens (including phenoxy) is 2. The minimum atomic E-state index is -1.26. The van der Waals surface area contributed by atoms with E-state index in [9.17, 15) is 10.2 Å². The fourth-order valence-electron chi connectivity index (χ4n) is 6.08. The molecule has 10 nitrogen and oxygen atoms in total. The Labute approximate surface area is 290 Å². The van der Waals surface area contributed by atoms with Crippen molar-refractivity contribution >= 4 is 12.4 Å². The van der Waals surface area contributed by atoms with Crippen LogP contribution < -0.4 is 0 Å². The molecule has 0 saturated carbocycles. The average molecular weight is 665 g/mol. The minimum Gasteiger partial charge on any atom is -0.507 e. The van der Waals surface area contributed by atoms with E-state index >= 15 is 0 Å². The van der Waals surface area contributed by atoms with E-state index in [2.05, 4.69) is 29.9 Å². The highest BCUT2D eigenvalue weighted by molar-refractivity contribution is 5.85. The second-order valence-electron chi connectivity index (χ2n) is 11.2. The highest BCUT2D eigenvalue weighted by Gasteiger charge is 2.43. The number of phenolic OH excluding ortho intramolecular Hbond substituents is 2. The molecule has 0 aliphatic carbocycles. The van der Waals surface area contributed by atoms with Gasteiger partial charge < -0.3 is 19.7 Å². The monoisotopic (exact) mass is 664 g/mol. The number of benzene rings is 2. The van der Waals surface area contributed by atoms with Crippen LogP contribution >= 0.6 is 0 Å². The predicted octanol–water partition coefficient (Wildman–Crippen LogP) is 6.09. The summed E-state index contributed by atoms with van der Waals surface area (Å²) in [5.41, 5.74) is 1.78. The molecule has 10 heteroatoms. The maximum absolute atomic E-state index is 11.5. The van der Waals surface area contributed by atoms with Crippen LogP contribution in [0.3, 0.4) is 0 Å². The zero-order valence-corrected chi connectivity index (χ0v) is 27.7. The summed E-state index contributed by atoms with van der Waals surface area (Å²) in [6.45, 7) is 0.667. The first kappa shape index (κ1) is 33.8. The summed E-state index contributed by atoms with van der Waals surface area (Å²) in [7, 11) is 3.14. The number of rotatable bonds is 13. The number of aromatic hydroxyl groups is 2. The van der Waals surface area contributed by atoms with E-state index in [4.69, 9.17) is 9.47 Å². The van der Waals surface area contributed by atoms with E-state index in [0.29, 0.717) is 58.1 Å². The molecule has 4 heterocycles. The molecule has 0 unspecified atom stereocenters. The Morgan fingerprint density at radius 1 is 0.500 bits per heavy atom. The van der Waals surface area contributed by atoms with Gasteiger partial charge in [-0.05, 0) is 60.7 Å². The van der Waals surface area contributed by atoms with Crippen molar-refractivity contribution in [3.8, 4) is 11.5 Å². The fraction of sp³-hybridized carbons (Fsp3) is 0.150. The molecule has 0 saturated heterocycles. The summed E-state index contributed by atoms with van der Waals surface area (Å²) in [6, 6.07) is 32.9. The molecule has 0 radical (unpaired) electrons. The lowest BCUT2D eigenvalue weighted by Crippen LogP contribution is -2.34. The Morgan fingerprint density at radius 3 is 1.12 bits per heavy atom. The van der Waals surface area contributed by atoms with Gasteiger partial charge in [-0.15, -0.1) is 0 Å². The van der Waals surface area contributed by atoms with Crippen LogP contribution in [0.1, 0.15) is 45.0 Å². The lowest BCUT2D eigenvalue weighted by Gasteiger charge is -2.32. The largest absolute Gasteiger partial charge is 0.507 e. The molecule has 0 amide bonds. The van der Waals surface area contributed by atoms with Crippen molar-refractivity contribution in [2.45, 2.75) is 11.2 Å². The fourth-order valence-corrected chi connectivity index (χ4v) is 6.08. The summed E-state index contributed by atoms with van der Waals surface area (Å²) >= 11 is 0. The van der Waals surface area contributed by atoms with Gasteiger partial charge in [0.05, 0.1) is 35.9 Å². The van der Waals surface area contributed by atoms with Crippen molar-refractivity contribution < 1.29 is 19.7 Å². The van der Waals surface area contributed by atoms with Gasteiger partial charge in [-0.25, -0.2) is 0 Å². The van der Waals surface area contributed by atoms with Gasteiger partial charge in [0.25, 0.3) is 0 Å². The van der Waals surface area contributed by atoms with Gasteiger partial charge in [0.1, 0.15) is 11.5 Å². The van der Waals surface area contributed by atoms with E-state index in [1.807, 2.05) is 84.9 Å². The van der Waals surface area contributed by atoms with Crippen molar-refractivity contribution in [1.29, 1.82) is 0 Å². The maximum Gasteiger partial charge on any atom is 0.180 e. The van der Waals surface area contributed by atoms with Crippen molar-refractivity contribution in [3.05, 3.63) is 179 Å². The zero-order valence-electron chi connectivity index (χ0n) is 27.7. The van der Waals surface area contributed by atoms with Gasteiger partial charge in [-0.2, -0.15) is 0 Å². The smallest absolute Gasteiger partial charge is 0.180 e. The molecule has 0 aliphatic heterocycles. The first-order valence-corrected chi connectivity index (χ1v) is 16.0. The number of phenols is 2. The van der Waals surface area contributed by atoms with Gasteiger partial charge >= 0.3 is 0 Å². The Balaban J connectivity index is 1.23. The maximum atomic E-state index is 11.5. The Kier molecular flexibility index (Phi) is 10.4. The van der Waals surface area contributed by atoms with Crippen molar-refractivity contribution in [1.82, 2.24) is 19.9 Å². The second-order valence-corrected chi connectivity index (χ2v) is 11.2. The summed E-state index contributed by atoms with van der Waals surface area (Å²) in [5.74, 6) is 0.00386. The third-order valence-electron chi connectivity index (χ3n) is 8.43. The SMILES string of the molecule is COC(c1ccccn1)(c1ccccn1)c1cccc(C=NCCN=Cc2cccc(C(OC)(c3ccccn3)c3ccccn3)c2O)c1O. The van der Waals surface area contributed by atoms with E-state index in [1.165, 1.54) is 0 Å². The minimum absolute atomic E-state index is 0.00193. The van der Waals surface area contributed by atoms with Crippen LogP contribution in [0.15, 0.2) is 144 Å². The van der Waals surface area contributed by atoms with E-state index in [-0.39, 0.29) is 11.5 Å². The van der Waals surface area contributed by atoms with Gasteiger partial charge in [0.2, 0.25) is 0 Å². The molecule has 50 heavy (non-hydrogen) atoms. The summed E-state index contributed by atoms with van der Waals surface area (Å²) in [6.07, 6.45) is 9.94. The number of para-hydroxylation sites is 2. The van der Waals surface area contributed by atoms with Gasteiger partial charge in [-0.3, -0.25) is 29.9 Å². The molecule has 6 aromatic rings. The van der Waals surface area contributed by atoms with Crippen LogP contribution in [0, 0.1) is 0 Å². The molecule has 4 aromatic heterocycles. The lowest BCUT2D eigenvalue weighted by molar-refractivity contribution is 0.0489. The van der Waals surface area contributed by atoms with E-state index < -0.39 is 11.2 Å². The van der Waals surface area contributed by atoms with Crippen LogP contribution in [0.25, 0.3) is 0 Å². The van der Waals surface area contributed by atoms with Crippen molar-refractivity contribution in [2.24, 2.45) is 9.98 Å². The number of hydrogen-bond donors (Lipinski definition) is 2. The number of aromatic nitrogens is 4. The van der Waals surface area contributed by atoms with Crippen molar-refractivity contribution in [2.75, 3.05) is 27.3 Å². The van der Waals surface area contributed by atoms with Crippen LogP contribution in [0.2, 0.25) is 0 Å². The molecule has 2 N–H and O–H groups in total. The average Bonchev–Trinajstić information content (AvgIpc) is 3.18. The third-order valence-corrected chi connectivity index (χ3v) is 8.43. The normalized spacial score (nSPS) is 12.1. The first-order chi connectivity index (χ1) is 24.6. The lowest BCUT2D eigenvalue weighted by atomic mass is 9.84. The van der Waals surface area contributed by atoms with Crippen LogP contribution in [0.4, 0.5) is 0 Å². The second kappa shape index (κ2) is 15.4. The molecule has 250 valence electrons. The first-order valence-electron chi connectivity index (χ1n) is 16.0. The molecule has 0 aliphatic rings. The molecule has 0 atom stereocenters. The summed E-state index contributed by atoms with van der Waals surface area (Å²) < 4.78 is 12.3. The molecule has 0 bridgehead atoms. The molecule has 2 aromatic carbocycles. The van der Waals surface area contributed by atoms with Crippen LogP contribution in [-0.4, -0.2) is 69.9 Å². The highest BCUT2D eigenvalue weighted by atomic mass is 16.5. The van der Waals surface area contributed by atoms with Gasteiger partial charge in [-0.1, -0.05) is 48.5 Å². The summed E-state index contributed by atoms with van der Waals surface area (Å²) in [5, 5.41) is 23.1. The molecule has 6 rings (SSSR count). The van der Waals surface area contributed by atoms with Gasteiger partial charge in [0, 0.05) is 73.7 Å². The quantitative estimate of drug-likeness (QED) is 0.112. The van der Waals surface area contributed by atoms with E-state index in [1.54, 1.807) is 75.7 Å². The summed E-state index contributed by atoms with van der Waals surface area (Å²) in [4.78, 5) is 27.3. The van der Waals surface area contributed by atoms with Crippen molar-refractivity contribution in [3.63, 3.8) is 0 Å². The van der Waals surface area contributed by atoms with Crippen LogP contribution in [0.5, 0.6) is 11.5 Å². The number of methoxy groups -OCH3 is 2. The number of aliphatic imine (C=N–C) groups is 2. The molecular weight excluding hydrogens is 628 g/mol. The van der Waals surface area contributed by atoms with Crippen LogP contribution in [-0.2, 0) is 20.7 Å². The molecular formula is C40H36N6O4. The molecule has 0 spiro atoms. The number of pyridine rings is 4. The number of hydrogen-bond acceptors (Lipinski definition) is 10. The van der Waals surface area contributed by atoms with Gasteiger partial charge in [0.15, 0.2) is 11.2 Å². The predicted molar refractivity (Wildman–Crippen MR) is 192 cm³/mol. The van der Waals surface area contributed by atoms with E-state index in [0.717, 1.165) is 0 Å². The topological polar surface area (TPSA) is 135 Å². The Morgan fingerprint density at radius 2 is 0.840 bits per heavy atom. The standard InChI is InChI=1S/C40H36N6O4/c1-49-39(33-17-3-7-21-43-33,34-18-4-8-22-44-34)31-15-11-13-29(37(31)47)27-41-25-26-42-28-30-14-12-16-32(38(30)48)40(50-2,35-19-5-9-23-45-35)36-20-6-10-24-46-36/h3-24,27-28,47-48H,25-26H2,1-2H3. The Hall–Kier alpha value is -6.10. The third kappa shape index (κ3) is 6.37. The Bertz CT molecular complexity index is 1830. The number of nitrogens with zero attached hydrogens (tertiary/aromatic N) is 6. The molecule has 0 fully saturated rings.